The van der Waals surface area contributed by atoms with Gasteiger partial charge in [0.2, 0.25) is 0 Å². The summed E-state index contributed by atoms with van der Waals surface area (Å²) in [6.45, 7) is 1.59. The highest BCUT2D eigenvalue weighted by Gasteiger charge is 2.17. The number of rotatable bonds is 4. The Bertz CT molecular complexity index is 405. The first kappa shape index (κ1) is 13.3. The van der Waals surface area contributed by atoms with Gasteiger partial charge in [0.05, 0.1) is 24.9 Å². The van der Waals surface area contributed by atoms with Crippen molar-refractivity contribution in [3.63, 3.8) is 0 Å². The van der Waals surface area contributed by atoms with Crippen LogP contribution in [-0.2, 0) is 4.74 Å². The van der Waals surface area contributed by atoms with E-state index in [1.807, 2.05) is 6.07 Å². The van der Waals surface area contributed by atoms with E-state index in [1.54, 1.807) is 20.3 Å². The maximum absolute atomic E-state index is 6.13. The molecule has 0 aliphatic carbocycles. The molecule has 100 valence electrons. The van der Waals surface area contributed by atoms with Crippen LogP contribution in [0, 0.1) is 0 Å². The lowest BCUT2D eigenvalue weighted by Crippen LogP contribution is -2.28. The number of benzene rings is 1. The molecule has 1 saturated heterocycles. The molecule has 0 bridgehead atoms. The molecule has 0 amide bonds. The quantitative estimate of drug-likeness (QED) is 0.914. The molecule has 1 aromatic carbocycles. The Morgan fingerprint density at radius 1 is 1.17 bits per heavy atom. The van der Waals surface area contributed by atoms with Crippen LogP contribution in [0.15, 0.2) is 12.1 Å². The summed E-state index contributed by atoms with van der Waals surface area (Å²) in [5.41, 5.74) is 0.898. The van der Waals surface area contributed by atoms with Gasteiger partial charge in [-0.15, -0.1) is 0 Å². The third-order valence-electron chi connectivity index (χ3n) is 3.05. The molecule has 1 aliphatic rings. The van der Waals surface area contributed by atoms with Crippen LogP contribution in [0.25, 0.3) is 0 Å². The van der Waals surface area contributed by atoms with Crippen molar-refractivity contribution in [3.05, 3.63) is 17.2 Å². The maximum atomic E-state index is 6.13. The van der Waals surface area contributed by atoms with Crippen LogP contribution < -0.4 is 14.8 Å². The molecule has 0 spiro atoms. The first-order chi connectivity index (χ1) is 8.74. The minimum atomic E-state index is 0.400. The first-order valence-electron chi connectivity index (χ1n) is 6.00. The molecule has 0 radical (unpaired) electrons. The highest BCUT2D eigenvalue weighted by molar-refractivity contribution is 6.32. The van der Waals surface area contributed by atoms with Gasteiger partial charge in [-0.05, 0) is 18.9 Å². The van der Waals surface area contributed by atoms with E-state index in [9.17, 15) is 0 Å². The van der Waals surface area contributed by atoms with Crippen LogP contribution in [0.5, 0.6) is 11.5 Å². The van der Waals surface area contributed by atoms with E-state index in [0.717, 1.165) is 37.5 Å². The second-order valence-corrected chi connectivity index (χ2v) is 4.63. The van der Waals surface area contributed by atoms with Crippen molar-refractivity contribution < 1.29 is 14.2 Å². The molecular weight excluding hydrogens is 254 g/mol. The highest BCUT2D eigenvalue weighted by atomic mass is 35.5. The normalized spacial score (nSPS) is 16.4. The smallest absolute Gasteiger partial charge is 0.145 e. The lowest BCUT2D eigenvalue weighted by atomic mass is 10.1. The first-order valence-corrected chi connectivity index (χ1v) is 6.38. The molecule has 1 aliphatic heterocycles. The Balaban J connectivity index is 2.17. The summed E-state index contributed by atoms with van der Waals surface area (Å²) in [7, 11) is 3.23. The zero-order chi connectivity index (χ0) is 13.0. The maximum Gasteiger partial charge on any atom is 0.145 e. The van der Waals surface area contributed by atoms with Crippen LogP contribution in [-0.4, -0.2) is 33.5 Å². The zero-order valence-electron chi connectivity index (χ0n) is 10.7. The van der Waals surface area contributed by atoms with E-state index >= 15 is 0 Å². The molecule has 1 heterocycles. The molecule has 2 rings (SSSR count). The van der Waals surface area contributed by atoms with E-state index in [1.165, 1.54) is 0 Å². The predicted molar refractivity (Wildman–Crippen MR) is 72.0 cm³/mol. The number of anilines is 1. The summed E-state index contributed by atoms with van der Waals surface area (Å²) < 4.78 is 15.9. The summed E-state index contributed by atoms with van der Waals surface area (Å²) in [5.74, 6) is 1.36. The molecule has 1 fully saturated rings. The third kappa shape index (κ3) is 3.00. The zero-order valence-corrected chi connectivity index (χ0v) is 11.4. The molecule has 0 unspecified atom stereocenters. The predicted octanol–water partition coefficient (Wildman–Crippen LogP) is 2.95. The molecule has 0 saturated carbocycles. The van der Waals surface area contributed by atoms with Gasteiger partial charge < -0.3 is 19.5 Å². The Kier molecular flexibility index (Phi) is 4.55. The van der Waals surface area contributed by atoms with Crippen molar-refractivity contribution in [1.82, 2.24) is 0 Å². The molecule has 5 heteroatoms. The Morgan fingerprint density at radius 3 is 2.44 bits per heavy atom. The van der Waals surface area contributed by atoms with Crippen LogP contribution in [0.3, 0.4) is 0 Å². The molecule has 0 aromatic heterocycles. The second-order valence-electron chi connectivity index (χ2n) is 4.22. The molecule has 18 heavy (non-hydrogen) atoms. The van der Waals surface area contributed by atoms with Crippen LogP contribution in [0.2, 0.25) is 5.02 Å². The summed E-state index contributed by atoms with van der Waals surface area (Å²) in [6.07, 6.45) is 1.99. The van der Waals surface area contributed by atoms with E-state index in [-0.39, 0.29) is 0 Å². The van der Waals surface area contributed by atoms with Crippen LogP contribution >= 0.6 is 11.6 Å². The van der Waals surface area contributed by atoms with E-state index in [4.69, 9.17) is 25.8 Å². The monoisotopic (exact) mass is 271 g/mol. The Labute approximate surface area is 112 Å². The molecule has 0 atom stereocenters. The van der Waals surface area contributed by atoms with E-state index < -0.39 is 0 Å². The van der Waals surface area contributed by atoms with Gasteiger partial charge in [-0.1, -0.05) is 11.6 Å². The Hall–Kier alpha value is -1.13. The van der Waals surface area contributed by atoms with Gasteiger partial charge >= 0.3 is 0 Å². The summed E-state index contributed by atoms with van der Waals surface area (Å²) >= 11 is 6.13. The molecule has 1 N–H and O–H groups in total. The number of ether oxygens (including phenoxy) is 3. The van der Waals surface area contributed by atoms with Crippen LogP contribution in [0.1, 0.15) is 12.8 Å². The Morgan fingerprint density at radius 2 is 1.83 bits per heavy atom. The lowest BCUT2D eigenvalue weighted by Gasteiger charge is -2.25. The van der Waals surface area contributed by atoms with Crippen molar-refractivity contribution in [3.8, 4) is 11.5 Å². The lowest BCUT2D eigenvalue weighted by molar-refractivity contribution is 0.0904. The molecule has 1 aromatic rings. The van der Waals surface area contributed by atoms with Crippen LogP contribution in [0.4, 0.5) is 5.69 Å². The summed E-state index contributed by atoms with van der Waals surface area (Å²) in [5, 5.41) is 4.02. The SMILES string of the molecule is COc1cc(OC)c(NC2CCOCC2)cc1Cl. The fraction of sp³-hybridized carbons (Fsp3) is 0.538. The average Bonchev–Trinajstić information content (AvgIpc) is 2.40. The average molecular weight is 272 g/mol. The van der Waals surface area contributed by atoms with E-state index in [2.05, 4.69) is 5.32 Å². The fourth-order valence-corrected chi connectivity index (χ4v) is 2.28. The van der Waals surface area contributed by atoms with Crippen molar-refractivity contribution >= 4 is 17.3 Å². The standard InChI is InChI=1S/C13H18ClNO3/c1-16-12-8-13(17-2)11(7-10(12)14)15-9-3-5-18-6-4-9/h7-9,15H,3-6H2,1-2H3. The van der Waals surface area contributed by atoms with Gasteiger partial charge in [0.25, 0.3) is 0 Å². The number of halogens is 1. The van der Waals surface area contributed by atoms with Crippen molar-refractivity contribution in [2.75, 3.05) is 32.8 Å². The van der Waals surface area contributed by atoms with E-state index in [0.29, 0.717) is 16.8 Å². The molecular formula is C13H18ClNO3. The van der Waals surface area contributed by atoms with Crippen molar-refractivity contribution in [2.45, 2.75) is 18.9 Å². The summed E-state index contributed by atoms with van der Waals surface area (Å²) in [4.78, 5) is 0. The third-order valence-corrected chi connectivity index (χ3v) is 3.35. The van der Waals surface area contributed by atoms with Gasteiger partial charge in [-0.25, -0.2) is 0 Å². The highest BCUT2D eigenvalue weighted by Crippen LogP contribution is 2.36. The van der Waals surface area contributed by atoms with Crippen molar-refractivity contribution in [1.29, 1.82) is 0 Å². The largest absolute Gasteiger partial charge is 0.495 e. The molecule has 4 nitrogen and oxygen atoms in total. The topological polar surface area (TPSA) is 39.7 Å². The number of hydrogen-bond donors (Lipinski definition) is 1. The van der Waals surface area contributed by atoms with Crippen molar-refractivity contribution in [2.24, 2.45) is 0 Å². The summed E-state index contributed by atoms with van der Waals surface area (Å²) in [6, 6.07) is 4.04. The minimum absolute atomic E-state index is 0.400. The van der Waals surface area contributed by atoms with Gasteiger partial charge in [0, 0.05) is 25.3 Å². The number of hydrogen-bond acceptors (Lipinski definition) is 4. The van der Waals surface area contributed by atoms with Gasteiger partial charge in [-0.2, -0.15) is 0 Å². The number of nitrogens with one attached hydrogen (secondary N) is 1. The second kappa shape index (κ2) is 6.16. The fourth-order valence-electron chi connectivity index (χ4n) is 2.03. The van der Waals surface area contributed by atoms with Gasteiger partial charge in [-0.3, -0.25) is 0 Å². The van der Waals surface area contributed by atoms with Gasteiger partial charge in [0.15, 0.2) is 0 Å². The number of methoxy groups -OCH3 is 2. The minimum Gasteiger partial charge on any atom is -0.495 e. The van der Waals surface area contributed by atoms with Gasteiger partial charge in [0.1, 0.15) is 11.5 Å².